The van der Waals surface area contributed by atoms with Gasteiger partial charge in [0.2, 0.25) is 0 Å². The van der Waals surface area contributed by atoms with Gasteiger partial charge in [-0.05, 0) is 29.8 Å². The largest absolute Gasteiger partial charge is 0.224 e. The fourth-order valence-electron chi connectivity index (χ4n) is 1.70. The molecular weight excluding hydrogens is 282 g/mol. The van der Waals surface area contributed by atoms with Gasteiger partial charge in [0, 0.05) is 16.8 Å². The molecule has 0 N–H and O–H groups in total. The lowest BCUT2D eigenvalue weighted by atomic mass is 10.0. The zero-order chi connectivity index (χ0) is 14.0. The van der Waals surface area contributed by atoms with Gasteiger partial charge >= 0.3 is 0 Å². The fourth-order valence-corrected chi connectivity index (χ4v) is 2.62. The van der Waals surface area contributed by atoms with Crippen molar-refractivity contribution in [3.8, 4) is 17.2 Å². The van der Waals surface area contributed by atoms with E-state index in [1.807, 2.05) is 6.07 Å². The molecule has 0 saturated carbocycles. The molecule has 0 aliphatic carbocycles. The lowest BCUT2D eigenvalue weighted by molar-refractivity contribution is 0.602. The second-order valence-corrected chi connectivity index (χ2v) is 6.53. The van der Waals surface area contributed by atoms with E-state index in [0.717, 1.165) is 17.4 Å². The Bertz CT molecular complexity index is 759. The van der Waals surface area contributed by atoms with Gasteiger partial charge in [-0.3, -0.25) is 0 Å². The zero-order valence-corrected chi connectivity index (χ0v) is 11.7. The van der Waals surface area contributed by atoms with Crippen LogP contribution in [0.1, 0.15) is 5.56 Å². The van der Waals surface area contributed by atoms with E-state index in [0.29, 0.717) is 10.6 Å². The van der Waals surface area contributed by atoms with Gasteiger partial charge in [0.1, 0.15) is 0 Å². The van der Waals surface area contributed by atoms with Crippen LogP contribution in [0.25, 0.3) is 11.1 Å². The van der Waals surface area contributed by atoms with Gasteiger partial charge < -0.3 is 0 Å². The van der Waals surface area contributed by atoms with Crippen LogP contribution in [-0.2, 0) is 9.84 Å². The molecule has 0 bridgehead atoms. The van der Waals surface area contributed by atoms with Crippen molar-refractivity contribution in [3.63, 3.8) is 0 Å². The Morgan fingerprint density at radius 3 is 2.21 bits per heavy atom. The minimum absolute atomic E-state index is 0.265. The lowest BCUT2D eigenvalue weighted by Gasteiger charge is -2.06. The molecule has 0 heterocycles. The summed E-state index contributed by atoms with van der Waals surface area (Å²) < 4.78 is 22.7. The molecule has 2 aromatic rings. The standard InChI is InChI=1S/C14H10ClNO2S/c1-19(17,18)12-5-3-11(4-6-12)13-7-2-10(9-16)8-14(13)15/h2-8H,1H3. The highest BCUT2D eigenvalue weighted by molar-refractivity contribution is 7.90. The van der Waals surface area contributed by atoms with E-state index < -0.39 is 9.84 Å². The van der Waals surface area contributed by atoms with Crippen LogP contribution in [0, 0.1) is 11.3 Å². The summed E-state index contributed by atoms with van der Waals surface area (Å²) in [6, 6.07) is 13.5. The van der Waals surface area contributed by atoms with Crippen molar-refractivity contribution in [2.75, 3.05) is 6.26 Å². The van der Waals surface area contributed by atoms with E-state index in [2.05, 4.69) is 0 Å². The minimum atomic E-state index is -3.20. The Morgan fingerprint density at radius 2 is 1.74 bits per heavy atom. The number of benzene rings is 2. The SMILES string of the molecule is CS(=O)(=O)c1ccc(-c2ccc(C#N)cc2Cl)cc1. The second-order valence-electron chi connectivity index (χ2n) is 4.10. The fraction of sp³-hybridized carbons (Fsp3) is 0.0714. The van der Waals surface area contributed by atoms with Gasteiger partial charge in [0.05, 0.1) is 16.5 Å². The molecule has 0 atom stereocenters. The van der Waals surface area contributed by atoms with Crippen molar-refractivity contribution >= 4 is 21.4 Å². The summed E-state index contributed by atoms with van der Waals surface area (Å²) in [5.41, 5.74) is 2.06. The maximum Gasteiger partial charge on any atom is 0.175 e. The maximum absolute atomic E-state index is 11.4. The number of rotatable bonds is 2. The van der Waals surface area contributed by atoms with E-state index >= 15 is 0 Å². The Morgan fingerprint density at radius 1 is 1.11 bits per heavy atom. The molecule has 96 valence electrons. The molecule has 5 heteroatoms. The Labute approximate surface area is 117 Å². The van der Waals surface area contributed by atoms with Crippen molar-refractivity contribution in [2.45, 2.75) is 4.90 Å². The van der Waals surface area contributed by atoms with E-state index in [1.54, 1.807) is 42.5 Å². The first-order chi connectivity index (χ1) is 8.91. The van der Waals surface area contributed by atoms with E-state index in [4.69, 9.17) is 16.9 Å². The molecule has 0 amide bonds. The third-order valence-corrected chi connectivity index (χ3v) is 4.13. The Hall–Kier alpha value is -1.83. The first-order valence-electron chi connectivity index (χ1n) is 5.42. The molecular formula is C14H10ClNO2S. The number of nitriles is 1. The summed E-state index contributed by atoms with van der Waals surface area (Å²) in [6.45, 7) is 0. The molecule has 0 aliphatic rings. The first kappa shape index (κ1) is 13.6. The maximum atomic E-state index is 11.4. The number of sulfone groups is 1. The van der Waals surface area contributed by atoms with Crippen LogP contribution < -0.4 is 0 Å². The van der Waals surface area contributed by atoms with Crippen molar-refractivity contribution in [2.24, 2.45) is 0 Å². The van der Waals surface area contributed by atoms with Gasteiger partial charge in [-0.1, -0.05) is 29.8 Å². The van der Waals surface area contributed by atoms with Crippen LogP contribution in [0.4, 0.5) is 0 Å². The predicted molar refractivity (Wildman–Crippen MR) is 74.7 cm³/mol. The van der Waals surface area contributed by atoms with Gasteiger partial charge in [0.25, 0.3) is 0 Å². The number of hydrogen-bond donors (Lipinski definition) is 0. The van der Waals surface area contributed by atoms with Crippen molar-refractivity contribution in [1.82, 2.24) is 0 Å². The Kier molecular flexibility index (Phi) is 3.61. The monoisotopic (exact) mass is 291 g/mol. The van der Waals surface area contributed by atoms with Gasteiger partial charge in [-0.2, -0.15) is 5.26 Å². The van der Waals surface area contributed by atoms with E-state index in [-0.39, 0.29) is 4.90 Å². The highest BCUT2D eigenvalue weighted by Gasteiger charge is 2.08. The van der Waals surface area contributed by atoms with Crippen molar-refractivity contribution < 1.29 is 8.42 Å². The summed E-state index contributed by atoms with van der Waals surface area (Å²) in [5, 5.41) is 9.24. The molecule has 0 aromatic heterocycles. The summed E-state index contributed by atoms with van der Waals surface area (Å²) >= 11 is 6.10. The van der Waals surface area contributed by atoms with Crippen LogP contribution >= 0.6 is 11.6 Å². The number of nitrogens with zero attached hydrogens (tertiary/aromatic N) is 1. The molecule has 19 heavy (non-hydrogen) atoms. The smallest absolute Gasteiger partial charge is 0.175 e. The second kappa shape index (κ2) is 5.04. The van der Waals surface area contributed by atoms with Crippen LogP contribution in [0.5, 0.6) is 0 Å². The molecule has 0 spiro atoms. The molecule has 0 radical (unpaired) electrons. The number of halogens is 1. The van der Waals surface area contributed by atoms with E-state index in [1.165, 1.54) is 0 Å². The first-order valence-corrected chi connectivity index (χ1v) is 7.69. The summed E-state index contributed by atoms with van der Waals surface area (Å²) in [5.74, 6) is 0. The molecule has 0 aliphatic heterocycles. The highest BCUT2D eigenvalue weighted by Crippen LogP contribution is 2.29. The van der Waals surface area contributed by atoms with Crippen LogP contribution in [0.3, 0.4) is 0 Å². The van der Waals surface area contributed by atoms with Crippen LogP contribution in [0.15, 0.2) is 47.4 Å². The minimum Gasteiger partial charge on any atom is -0.224 e. The average molecular weight is 292 g/mol. The third kappa shape index (κ3) is 2.95. The molecule has 0 unspecified atom stereocenters. The summed E-state index contributed by atoms with van der Waals surface area (Å²) in [4.78, 5) is 0.265. The van der Waals surface area contributed by atoms with Gasteiger partial charge in [-0.15, -0.1) is 0 Å². The highest BCUT2D eigenvalue weighted by atomic mass is 35.5. The van der Waals surface area contributed by atoms with Crippen LogP contribution in [-0.4, -0.2) is 14.7 Å². The third-order valence-electron chi connectivity index (χ3n) is 2.69. The molecule has 2 rings (SSSR count). The quantitative estimate of drug-likeness (QED) is 0.853. The molecule has 2 aromatic carbocycles. The van der Waals surface area contributed by atoms with Crippen LogP contribution in [0.2, 0.25) is 5.02 Å². The molecule has 3 nitrogen and oxygen atoms in total. The molecule has 0 saturated heterocycles. The number of hydrogen-bond acceptors (Lipinski definition) is 3. The summed E-state index contributed by atoms with van der Waals surface area (Å²) in [7, 11) is -3.20. The average Bonchev–Trinajstić information content (AvgIpc) is 2.37. The Balaban J connectivity index is 2.47. The predicted octanol–water partition coefficient (Wildman–Crippen LogP) is 3.28. The van der Waals surface area contributed by atoms with Crippen molar-refractivity contribution in [3.05, 3.63) is 53.1 Å². The summed E-state index contributed by atoms with van der Waals surface area (Å²) in [6.07, 6.45) is 1.16. The normalized spacial score (nSPS) is 11.0. The van der Waals surface area contributed by atoms with Crippen molar-refractivity contribution in [1.29, 1.82) is 5.26 Å². The van der Waals surface area contributed by atoms with Gasteiger partial charge in [-0.25, -0.2) is 8.42 Å². The molecule has 0 fully saturated rings. The lowest BCUT2D eigenvalue weighted by Crippen LogP contribution is -1.96. The van der Waals surface area contributed by atoms with Gasteiger partial charge in [0.15, 0.2) is 9.84 Å². The zero-order valence-electron chi connectivity index (χ0n) is 10.1. The topological polar surface area (TPSA) is 57.9 Å². The van der Waals surface area contributed by atoms with E-state index in [9.17, 15) is 8.42 Å².